The molecule has 0 saturated heterocycles. The van der Waals surface area contributed by atoms with Gasteiger partial charge >= 0.3 is 6.18 Å². The molecule has 0 aliphatic rings. The first-order chi connectivity index (χ1) is 11.8. The number of pyridine rings is 1. The summed E-state index contributed by atoms with van der Waals surface area (Å²) in [5, 5.41) is 2.65. The summed E-state index contributed by atoms with van der Waals surface area (Å²) < 4.78 is 45.2. The molecule has 1 aromatic carbocycles. The van der Waals surface area contributed by atoms with Gasteiger partial charge in [-0.05, 0) is 31.2 Å². The third-order valence-corrected chi connectivity index (χ3v) is 3.69. The third kappa shape index (κ3) is 3.15. The van der Waals surface area contributed by atoms with Gasteiger partial charge in [0.05, 0.1) is 24.1 Å². The van der Waals surface area contributed by atoms with Crippen LogP contribution in [0.2, 0.25) is 0 Å². The Kier molecular flexibility index (Phi) is 4.12. The normalized spacial score (nSPS) is 11.6. The van der Waals surface area contributed by atoms with E-state index >= 15 is 0 Å². The number of para-hydroxylation sites is 2. The number of carbonyl (C=O) groups is 1. The Balaban J connectivity index is 2.05. The highest BCUT2D eigenvalue weighted by atomic mass is 19.4. The number of hydrogen-bond acceptors (Lipinski definition) is 3. The summed E-state index contributed by atoms with van der Waals surface area (Å²) in [4.78, 5) is 16.8. The fourth-order valence-corrected chi connectivity index (χ4v) is 2.53. The molecule has 3 aromatic rings. The average Bonchev–Trinajstić information content (AvgIpc) is 2.89. The number of imidazole rings is 1. The van der Waals surface area contributed by atoms with Gasteiger partial charge in [-0.1, -0.05) is 12.1 Å². The first kappa shape index (κ1) is 16.8. The Hall–Kier alpha value is -3.03. The minimum Gasteiger partial charge on any atom is -0.495 e. The highest BCUT2D eigenvalue weighted by Crippen LogP contribution is 2.30. The number of nitrogens with zero attached hydrogens (tertiary/aromatic N) is 2. The number of aromatic nitrogens is 2. The van der Waals surface area contributed by atoms with Crippen molar-refractivity contribution in [2.24, 2.45) is 0 Å². The largest absolute Gasteiger partial charge is 0.495 e. The standard InChI is InChI=1S/C17H14F3N3O2/c1-10-15(16(24)22-12-5-3-4-6-13(12)25-2)23-9-11(17(18,19)20)7-8-14(23)21-10/h3-9H,1-2H3,(H,22,24). The molecule has 1 N–H and O–H groups in total. The zero-order valence-corrected chi connectivity index (χ0v) is 13.4. The summed E-state index contributed by atoms with van der Waals surface area (Å²) in [5.74, 6) is -0.132. The van der Waals surface area contributed by atoms with Gasteiger partial charge in [0.2, 0.25) is 0 Å². The van der Waals surface area contributed by atoms with E-state index in [1.807, 2.05) is 0 Å². The molecule has 0 bridgehead atoms. The maximum atomic E-state index is 13.0. The lowest BCUT2D eigenvalue weighted by Gasteiger charge is -2.11. The molecular formula is C17H14F3N3O2. The van der Waals surface area contributed by atoms with E-state index < -0.39 is 17.6 Å². The Labute approximate surface area is 141 Å². The summed E-state index contributed by atoms with van der Waals surface area (Å²) in [7, 11) is 1.46. The topological polar surface area (TPSA) is 55.6 Å². The average molecular weight is 349 g/mol. The number of rotatable bonds is 3. The summed E-state index contributed by atoms with van der Waals surface area (Å²) in [5.41, 5.74) is 0.175. The SMILES string of the molecule is COc1ccccc1NC(=O)c1c(C)nc2ccc(C(F)(F)F)cn12. The predicted octanol–water partition coefficient (Wildman–Crippen LogP) is 3.92. The second-order valence-corrected chi connectivity index (χ2v) is 5.34. The van der Waals surface area contributed by atoms with E-state index in [0.717, 1.165) is 16.7 Å². The van der Waals surface area contributed by atoms with Gasteiger partial charge in [-0.25, -0.2) is 4.98 Å². The van der Waals surface area contributed by atoms with Crippen LogP contribution in [-0.4, -0.2) is 22.4 Å². The molecule has 0 saturated carbocycles. The van der Waals surface area contributed by atoms with Gasteiger partial charge in [-0.2, -0.15) is 13.2 Å². The van der Waals surface area contributed by atoms with Crippen LogP contribution >= 0.6 is 0 Å². The number of hydrogen-bond donors (Lipinski definition) is 1. The van der Waals surface area contributed by atoms with Crippen LogP contribution in [-0.2, 0) is 6.18 Å². The number of benzene rings is 1. The molecule has 0 aliphatic heterocycles. The van der Waals surface area contributed by atoms with E-state index in [4.69, 9.17) is 4.74 Å². The van der Waals surface area contributed by atoms with Crippen molar-refractivity contribution in [3.63, 3.8) is 0 Å². The summed E-state index contributed by atoms with van der Waals surface area (Å²) in [6, 6.07) is 8.92. The highest BCUT2D eigenvalue weighted by molar-refractivity contribution is 6.05. The molecule has 0 aliphatic carbocycles. The highest BCUT2D eigenvalue weighted by Gasteiger charge is 2.31. The second kappa shape index (κ2) is 6.12. The summed E-state index contributed by atoms with van der Waals surface area (Å²) in [6.45, 7) is 1.57. The van der Waals surface area contributed by atoms with Crippen molar-refractivity contribution in [2.75, 3.05) is 12.4 Å². The number of amides is 1. The molecule has 0 unspecified atom stereocenters. The van der Waals surface area contributed by atoms with E-state index in [2.05, 4.69) is 10.3 Å². The van der Waals surface area contributed by atoms with Crippen molar-refractivity contribution < 1.29 is 22.7 Å². The Morgan fingerprint density at radius 1 is 1.20 bits per heavy atom. The number of alkyl halides is 3. The van der Waals surface area contributed by atoms with Crippen LogP contribution in [0.15, 0.2) is 42.6 Å². The number of fused-ring (bicyclic) bond motifs is 1. The number of halogens is 3. The van der Waals surface area contributed by atoms with Crippen LogP contribution in [0.3, 0.4) is 0 Å². The Bertz CT molecular complexity index is 948. The zero-order chi connectivity index (χ0) is 18.2. The van der Waals surface area contributed by atoms with E-state index in [1.165, 1.54) is 13.2 Å². The smallest absolute Gasteiger partial charge is 0.417 e. The van der Waals surface area contributed by atoms with Crippen molar-refractivity contribution in [3.05, 3.63) is 59.5 Å². The van der Waals surface area contributed by atoms with Crippen molar-refractivity contribution >= 4 is 17.2 Å². The molecule has 25 heavy (non-hydrogen) atoms. The van der Waals surface area contributed by atoms with Gasteiger partial charge < -0.3 is 10.1 Å². The molecule has 0 radical (unpaired) electrons. The summed E-state index contributed by atoms with van der Waals surface area (Å²) >= 11 is 0. The molecule has 5 nitrogen and oxygen atoms in total. The van der Waals surface area contributed by atoms with Crippen LogP contribution in [0.5, 0.6) is 5.75 Å². The van der Waals surface area contributed by atoms with Gasteiger partial charge in [0, 0.05) is 6.20 Å². The van der Waals surface area contributed by atoms with Crippen LogP contribution in [0.4, 0.5) is 18.9 Å². The fraction of sp³-hybridized carbons (Fsp3) is 0.176. The fourth-order valence-electron chi connectivity index (χ4n) is 2.53. The number of ether oxygens (including phenoxy) is 1. The minimum atomic E-state index is -4.51. The molecule has 130 valence electrons. The zero-order valence-electron chi connectivity index (χ0n) is 13.4. The first-order valence-corrected chi connectivity index (χ1v) is 7.31. The van der Waals surface area contributed by atoms with E-state index in [1.54, 1.807) is 31.2 Å². The number of nitrogens with one attached hydrogen (secondary N) is 1. The van der Waals surface area contributed by atoms with Crippen LogP contribution in [0.25, 0.3) is 5.65 Å². The van der Waals surface area contributed by atoms with Gasteiger partial charge in [-0.15, -0.1) is 0 Å². The molecular weight excluding hydrogens is 335 g/mol. The lowest BCUT2D eigenvalue weighted by Crippen LogP contribution is -2.17. The molecule has 8 heteroatoms. The van der Waals surface area contributed by atoms with Crippen molar-refractivity contribution in [1.29, 1.82) is 0 Å². The molecule has 1 amide bonds. The van der Waals surface area contributed by atoms with Crippen LogP contribution < -0.4 is 10.1 Å². The predicted molar refractivity (Wildman–Crippen MR) is 85.9 cm³/mol. The molecule has 0 spiro atoms. The lowest BCUT2D eigenvalue weighted by atomic mass is 10.2. The molecule has 0 fully saturated rings. The van der Waals surface area contributed by atoms with Crippen LogP contribution in [0, 0.1) is 6.92 Å². The number of anilines is 1. The minimum absolute atomic E-state index is 0.0343. The van der Waals surface area contributed by atoms with Crippen molar-refractivity contribution in [1.82, 2.24) is 9.38 Å². The van der Waals surface area contributed by atoms with Gasteiger partial charge in [0.15, 0.2) is 0 Å². The quantitative estimate of drug-likeness (QED) is 0.780. The Morgan fingerprint density at radius 3 is 2.60 bits per heavy atom. The molecule has 3 rings (SSSR count). The molecule has 2 aromatic heterocycles. The Morgan fingerprint density at radius 2 is 1.92 bits per heavy atom. The third-order valence-electron chi connectivity index (χ3n) is 3.69. The number of carbonyl (C=O) groups excluding carboxylic acids is 1. The van der Waals surface area contributed by atoms with E-state index in [0.29, 0.717) is 17.1 Å². The van der Waals surface area contributed by atoms with Gasteiger partial charge in [0.1, 0.15) is 17.1 Å². The molecule has 2 heterocycles. The van der Waals surface area contributed by atoms with E-state index in [9.17, 15) is 18.0 Å². The van der Waals surface area contributed by atoms with Crippen molar-refractivity contribution in [3.8, 4) is 5.75 Å². The summed E-state index contributed by atoms with van der Waals surface area (Å²) in [6.07, 6.45) is -3.64. The van der Waals surface area contributed by atoms with Gasteiger partial charge in [0.25, 0.3) is 5.91 Å². The number of aryl methyl sites for hydroxylation is 1. The molecule has 0 atom stereocenters. The van der Waals surface area contributed by atoms with Crippen LogP contribution in [0.1, 0.15) is 21.7 Å². The second-order valence-electron chi connectivity index (χ2n) is 5.34. The van der Waals surface area contributed by atoms with Crippen molar-refractivity contribution in [2.45, 2.75) is 13.1 Å². The van der Waals surface area contributed by atoms with Gasteiger partial charge in [-0.3, -0.25) is 9.20 Å². The van der Waals surface area contributed by atoms with E-state index in [-0.39, 0.29) is 11.3 Å². The first-order valence-electron chi connectivity index (χ1n) is 7.31. The number of methoxy groups -OCH3 is 1. The monoisotopic (exact) mass is 349 g/mol. The maximum absolute atomic E-state index is 13.0. The maximum Gasteiger partial charge on any atom is 0.417 e. The lowest BCUT2D eigenvalue weighted by molar-refractivity contribution is -0.137.